The molecule has 0 atom stereocenters. The van der Waals surface area contributed by atoms with Gasteiger partial charge in [0.05, 0.1) is 6.54 Å². The van der Waals surface area contributed by atoms with Crippen LogP contribution in [0.25, 0.3) is 0 Å². The Morgan fingerprint density at radius 3 is 2.00 bits per heavy atom. The van der Waals surface area contributed by atoms with Crippen molar-refractivity contribution in [3.05, 3.63) is 11.6 Å². The van der Waals surface area contributed by atoms with Gasteiger partial charge in [0.25, 0.3) is 0 Å². The van der Waals surface area contributed by atoms with Crippen LogP contribution in [0.5, 0.6) is 0 Å². The van der Waals surface area contributed by atoms with Gasteiger partial charge in [-0.1, -0.05) is 26.8 Å². The van der Waals surface area contributed by atoms with E-state index in [9.17, 15) is 4.79 Å². The lowest BCUT2D eigenvalue weighted by Crippen LogP contribution is -2.48. The molecule has 0 unspecified atom stereocenters. The summed E-state index contributed by atoms with van der Waals surface area (Å²) in [5.74, 6) is 0.281. The van der Waals surface area contributed by atoms with Gasteiger partial charge < -0.3 is 0 Å². The van der Waals surface area contributed by atoms with Gasteiger partial charge in [-0.2, -0.15) is 0 Å². The second-order valence-corrected chi connectivity index (χ2v) is 6.34. The molecule has 0 amide bonds. The quantitative estimate of drug-likeness (QED) is 0.611. The zero-order chi connectivity index (χ0) is 11.9. The smallest absolute Gasteiger partial charge is 0.173 e. The fourth-order valence-corrected chi connectivity index (χ4v) is 1.87. The third kappa shape index (κ3) is 2.91. The van der Waals surface area contributed by atoms with E-state index in [1.165, 1.54) is 0 Å². The number of hydrogen-bond donors (Lipinski definition) is 0. The van der Waals surface area contributed by atoms with Crippen molar-refractivity contribution >= 4 is 5.78 Å². The van der Waals surface area contributed by atoms with Gasteiger partial charge in [-0.3, -0.25) is 9.69 Å². The summed E-state index contributed by atoms with van der Waals surface area (Å²) in [6, 6.07) is 0. The lowest BCUT2D eigenvalue weighted by molar-refractivity contribution is -0.119. The third-order valence-electron chi connectivity index (χ3n) is 2.91. The van der Waals surface area contributed by atoms with Crippen molar-refractivity contribution in [2.75, 3.05) is 13.1 Å². The Kier molecular flexibility index (Phi) is 3.11. The Hall–Kier alpha value is -0.630. The van der Waals surface area contributed by atoms with Crippen molar-refractivity contribution < 1.29 is 4.79 Å². The van der Waals surface area contributed by atoms with Gasteiger partial charge in [-0.15, -0.1) is 0 Å². The predicted octanol–water partition coefficient (Wildman–Crippen LogP) is 2.64. The summed E-state index contributed by atoms with van der Waals surface area (Å²) < 4.78 is 0. The molecule has 2 heteroatoms. The topological polar surface area (TPSA) is 20.3 Å². The van der Waals surface area contributed by atoms with Gasteiger partial charge in [0, 0.05) is 12.1 Å². The van der Waals surface area contributed by atoms with Crippen LogP contribution in [0.2, 0.25) is 0 Å². The number of nitrogens with zero attached hydrogens (tertiary/aromatic N) is 1. The average Bonchev–Trinajstić information content (AvgIpc) is 1.99. The number of carbonyl (C=O) groups is 1. The molecule has 0 aromatic carbocycles. The molecule has 0 N–H and O–H groups in total. The molecule has 1 aliphatic heterocycles. The largest absolute Gasteiger partial charge is 0.293 e. The first-order valence-corrected chi connectivity index (χ1v) is 5.61. The summed E-state index contributed by atoms with van der Waals surface area (Å²) in [4.78, 5) is 14.2. The minimum Gasteiger partial charge on any atom is -0.293 e. The Morgan fingerprint density at radius 2 is 1.67 bits per heavy atom. The Bertz CT molecular complexity index is 289. The Balaban J connectivity index is 2.86. The zero-order valence-corrected chi connectivity index (χ0v) is 10.8. The number of rotatable bonds is 0. The van der Waals surface area contributed by atoms with E-state index in [0.717, 1.165) is 12.1 Å². The van der Waals surface area contributed by atoms with Gasteiger partial charge in [0.1, 0.15) is 0 Å². The van der Waals surface area contributed by atoms with Crippen LogP contribution in [0.15, 0.2) is 11.6 Å². The summed E-state index contributed by atoms with van der Waals surface area (Å²) in [5, 5.41) is 0. The molecule has 0 saturated carbocycles. The van der Waals surface area contributed by atoms with Gasteiger partial charge >= 0.3 is 0 Å². The molecule has 0 aromatic heterocycles. The van der Waals surface area contributed by atoms with Crippen LogP contribution < -0.4 is 0 Å². The Labute approximate surface area is 93.3 Å². The maximum absolute atomic E-state index is 12.0. The molecule has 0 bridgehead atoms. The van der Waals surface area contributed by atoms with Crippen LogP contribution >= 0.6 is 0 Å². The summed E-state index contributed by atoms with van der Waals surface area (Å²) in [7, 11) is 0. The van der Waals surface area contributed by atoms with Crippen LogP contribution in [0, 0.1) is 5.41 Å². The minimum absolute atomic E-state index is 0.0128. The van der Waals surface area contributed by atoms with Crippen molar-refractivity contribution in [1.29, 1.82) is 0 Å². The second kappa shape index (κ2) is 3.75. The summed E-state index contributed by atoms with van der Waals surface area (Å²) >= 11 is 0. The van der Waals surface area contributed by atoms with Crippen LogP contribution in [-0.2, 0) is 4.79 Å². The van der Waals surface area contributed by atoms with E-state index in [0.29, 0.717) is 6.54 Å². The summed E-state index contributed by atoms with van der Waals surface area (Å²) in [6.07, 6.45) is 2.09. The van der Waals surface area contributed by atoms with E-state index in [1.807, 2.05) is 0 Å². The molecule has 0 fully saturated rings. The SMILES string of the molecule is CC(C)(C)C1=CCN(C(C)(C)C)CC1=O. The number of ketones is 1. The first kappa shape index (κ1) is 12.4. The molecule has 1 aliphatic rings. The highest BCUT2D eigenvalue weighted by atomic mass is 16.1. The molecule has 2 nitrogen and oxygen atoms in total. The Morgan fingerprint density at radius 1 is 1.13 bits per heavy atom. The molecule has 0 saturated heterocycles. The van der Waals surface area contributed by atoms with Crippen LogP contribution in [0.4, 0.5) is 0 Å². The van der Waals surface area contributed by atoms with Gasteiger partial charge in [0.15, 0.2) is 5.78 Å². The van der Waals surface area contributed by atoms with E-state index in [2.05, 4.69) is 52.5 Å². The molecular weight excluding hydrogens is 186 g/mol. The van der Waals surface area contributed by atoms with Crippen molar-refractivity contribution in [3.63, 3.8) is 0 Å². The summed E-state index contributed by atoms with van der Waals surface area (Å²) in [5.41, 5.74) is 1.05. The van der Waals surface area contributed by atoms with Crippen molar-refractivity contribution in [2.45, 2.75) is 47.1 Å². The van der Waals surface area contributed by atoms with Gasteiger partial charge in [-0.25, -0.2) is 0 Å². The molecule has 0 aromatic rings. The van der Waals surface area contributed by atoms with E-state index in [-0.39, 0.29) is 16.7 Å². The molecule has 1 heterocycles. The molecule has 0 radical (unpaired) electrons. The zero-order valence-electron chi connectivity index (χ0n) is 10.8. The van der Waals surface area contributed by atoms with Gasteiger partial charge in [0.2, 0.25) is 0 Å². The van der Waals surface area contributed by atoms with Gasteiger partial charge in [-0.05, 0) is 31.8 Å². The predicted molar refractivity (Wildman–Crippen MR) is 63.9 cm³/mol. The first-order chi connectivity index (χ1) is 6.62. The van der Waals surface area contributed by atoms with E-state index < -0.39 is 0 Å². The molecule has 0 spiro atoms. The standard InChI is InChI=1S/C13H23NO/c1-12(2,3)10-7-8-14(9-11(10)15)13(4,5)6/h7H,8-9H2,1-6H3. The highest BCUT2D eigenvalue weighted by Gasteiger charge is 2.32. The highest BCUT2D eigenvalue weighted by Crippen LogP contribution is 2.29. The van der Waals surface area contributed by atoms with E-state index in [4.69, 9.17) is 0 Å². The van der Waals surface area contributed by atoms with Crippen LogP contribution in [-0.4, -0.2) is 29.3 Å². The molecule has 15 heavy (non-hydrogen) atoms. The maximum atomic E-state index is 12.0. The lowest BCUT2D eigenvalue weighted by atomic mass is 9.81. The monoisotopic (exact) mass is 209 g/mol. The number of carbonyl (C=O) groups excluding carboxylic acids is 1. The normalized spacial score (nSPS) is 20.4. The highest BCUT2D eigenvalue weighted by molar-refractivity contribution is 5.98. The van der Waals surface area contributed by atoms with Crippen molar-refractivity contribution in [1.82, 2.24) is 4.90 Å². The summed E-state index contributed by atoms with van der Waals surface area (Å²) in [6.45, 7) is 14.2. The fraction of sp³-hybridized carbons (Fsp3) is 0.769. The van der Waals surface area contributed by atoms with Crippen LogP contribution in [0.1, 0.15) is 41.5 Å². The number of Topliss-reactive ketones (excluding diaryl/α,β-unsaturated/α-hetero) is 1. The molecular formula is C13H23NO. The molecule has 0 aliphatic carbocycles. The molecule has 86 valence electrons. The number of hydrogen-bond acceptors (Lipinski definition) is 2. The first-order valence-electron chi connectivity index (χ1n) is 5.61. The fourth-order valence-electron chi connectivity index (χ4n) is 1.87. The van der Waals surface area contributed by atoms with Crippen LogP contribution in [0.3, 0.4) is 0 Å². The maximum Gasteiger partial charge on any atom is 0.173 e. The molecule has 1 rings (SSSR count). The van der Waals surface area contributed by atoms with E-state index in [1.54, 1.807) is 0 Å². The van der Waals surface area contributed by atoms with Crippen molar-refractivity contribution in [2.24, 2.45) is 5.41 Å². The van der Waals surface area contributed by atoms with Crippen molar-refractivity contribution in [3.8, 4) is 0 Å². The van der Waals surface area contributed by atoms with E-state index >= 15 is 0 Å². The lowest BCUT2D eigenvalue weighted by Gasteiger charge is -2.38. The second-order valence-electron chi connectivity index (χ2n) is 6.34. The average molecular weight is 209 g/mol. The minimum atomic E-state index is -0.0128. The third-order valence-corrected chi connectivity index (χ3v) is 2.91.